The summed E-state index contributed by atoms with van der Waals surface area (Å²) >= 11 is 0. The Morgan fingerprint density at radius 3 is 2.92 bits per heavy atom. The molecule has 1 saturated carbocycles. The molecule has 2 rings (SSSR count). The Bertz CT molecular complexity index is 267. The second kappa shape index (κ2) is 3.74. The summed E-state index contributed by atoms with van der Waals surface area (Å²) in [5.41, 5.74) is 5.36. The molecule has 0 saturated heterocycles. The molecule has 0 bridgehead atoms. The van der Waals surface area contributed by atoms with Gasteiger partial charge in [-0.05, 0) is 12.8 Å². The van der Waals surface area contributed by atoms with Crippen LogP contribution >= 0.6 is 0 Å². The molecule has 1 heterocycles. The molecule has 1 aromatic rings. The number of ether oxygens (including phenoxy) is 1. The number of nitrogens with two attached hydrogens (primary N) is 1. The molecule has 1 fully saturated rings. The van der Waals surface area contributed by atoms with Crippen LogP contribution in [0.2, 0.25) is 0 Å². The molecule has 1 aliphatic rings. The average Bonchev–Trinajstić information content (AvgIpc) is 2.71. The van der Waals surface area contributed by atoms with E-state index in [1.54, 1.807) is 11.0 Å². The van der Waals surface area contributed by atoms with E-state index in [0.717, 1.165) is 0 Å². The van der Waals surface area contributed by atoms with Crippen molar-refractivity contribution >= 4 is 5.95 Å². The van der Waals surface area contributed by atoms with Crippen LogP contribution in [-0.2, 0) is 11.5 Å². The standard InChI is InChI=1S/C8H14N4O/c9-8-10-5-12(11-8)6-13-7-3-1-2-4-7/h5,7H,1-4,6H2,(H2,9,11). The van der Waals surface area contributed by atoms with Gasteiger partial charge in [-0.15, -0.1) is 5.10 Å². The van der Waals surface area contributed by atoms with E-state index in [1.165, 1.54) is 25.7 Å². The van der Waals surface area contributed by atoms with Crippen molar-refractivity contribution in [2.45, 2.75) is 38.5 Å². The minimum absolute atomic E-state index is 0.301. The van der Waals surface area contributed by atoms with Crippen molar-refractivity contribution in [2.24, 2.45) is 0 Å². The molecule has 5 nitrogen and oxygen atoms in total. The van der Waals surface area contributed by atoms with Crippen LogP contribution in [0.15, 0.2) is 6.33 Å². The van der Waals surface area contributed by atoms with Gasteiger partial charge in [-0.25, -0.2) is 9.67 Å². The summed E-state index contributed by atoms with van der Waals surface area (Å²) in [5.74, 6) is 0.301. The van der Waals surface area contributed by atoms with E-state index < -0.39 is 0 Å². The largest absolute Gasteiger partial charge is 0.367 e. The van der Waals surface area contributed by atoms with Crippen molar-refractivity contribution < 1.29 is 4.74 Å². The highest BCUT2D eigenvalue weighted by Crippen LogP contribution is 2.20. The smallest absolute Gasteiger partial charge is 0.239 e. The number of hydrogen-bond acceptors (Lipinski definition) is 4. The van der Waals surface area contributed by atoms with E-state index in [2.05, 4.69) is 10.1 Å². The molecule has 2 N–H and O–H groups in total. The number of hydrogen-bond donors (Lipinski definition) is 1. The zero-order valence-corrected chi connectivity index (χ0v) is 7.52. The van der Waals surface area contributed by atoms with Gasteiger partial charge in [-0.1, -0.05) is 12.8 Å². The molecular formula is C8H14N4O. The predicted octanol–water partition coefficient (Wildman–Crippen LogP) is 0.777. The molecular weight excluding hydrogens is 168 g/mol. The van der Waals surface area contributed by atoms with Crippen molar-refractivity contribution in [3.05, 3.63) is 6.33 Å². The lowest BCUT2D eigenvalue weighted by atomic mass is 10.3. The Labute approximate surface area is 76.9 Å². The second-order valence-corrected chi connectivity index (χ2v) is 3.34. The van der Waals surface area contributed by atoms with Crippen LogP contribution in [0.1, 0.15) is 25.7 Å². The van der Waals surface area contributed by atoms with Gasteiger partial charge in [-0.2, -0.15) is 0 Å². The molecule has 0 amide bonds. The fourth-order valence-electron chi connectivity index (χ4n) is 1.61. The zero-order valence-electron chi connectivity index (χ0n) is 7.52. The molecule has 0 aromatic carbocycles. The summed E-state index contributed by atoms with van der Waals surface area (Å²) in [7, 11) is 0. The first-order valence-electron chi connectivity index (χ1n) is 4.61. The van der Waals surface area contributed by atoms with Crippen LogP contribution in [-0.4, -0.2) is 20.9 Å². The normalized spacial score (nSPS) is 18.2. The van der Waals surface area contributed by atoms with Gasteiger partial charge in [0.2, 0.25) is 5.95 Å². The van der Waals surface area contributed by atoms with Crippen molar-refractivity contribution in [1.29, 1.82) is 0 Å². The maximum Gasteiger partial charge on any atom is 0.239 e. The quantitative estimate of drug-likeness (QED) is 0.750. The summed E-state index contributed by atoms with van der Waals surface area (Å²) in [6, 6.07) is 0. The molecule has 0 radical (unpaired) electrons. The highest BCUT2D eigenvalue weighted by Gasteiger charge is 2.15. The van der Waals surface area contributed by atoms with Crippen LogP contribution in [0.3, 0.4) is 0 Å². The van der Waals surface area contributed by atoms with Gasteiger partial charge >= 0.3 is 0 Å². The monoisotopic (exact) mass is 182 g/mol. The molecule has 0 atom stereocenters. The van der Waals surface area contributed by atoms with Gasteiger partial charge in [0.05, 0.1) is 6.10 Å². The number of nitrogen functional groups attached to an aromatic ring is 1. The molecule has 1 aromatic heterocycles. The third kappa shape index (κ3) is 2.18. The maximum atomic E-state index is 5.61. The first-order chi connectivity index (χ1) is 6.34. The highest BCUT2D eigenvalue weighted by molar-refractivity contribution is 5.08. The summed E-state index contributed by atoms with van der Waals surface area (Å²) in [6.07, 6.45) is 6.90. The Kier molecular flexibility index (Phi) is 2.44. The summed E-state index contributed by atoms with van der Waals surface area (Å²) < 4.78 is 7.23. The first kappa shape index (κ1) is 8.50. The van der Waals surface area contributed by atoms with E-state index in [1.807, 2.05) is 0 Å². The van der Waals surface area contributed by atoms with Gasteiger partial charge < -0.3 is 10.5 Å². The van der Waals surface area contributed by atoms with E-state index in [-0.39, 0.29) is 0 Å². The summed E-state index contributed by atoms with van der Waals surface area (Å²) in [4.78, 5) is 3.81. The lowest BCUT2D eigenvalue weighted by Gasteiger charge is -2.09. The number of anilines is 1. The molecule has 72 valence electrons. The van der Waals surface area contributed by atoms with E-state index in [9.17, 15) is 0 Å². The van der Waals surface area contributed by atoms with Crippen molar-refractivity contribution in [1.82, 2.24) is 14.8 Å². The third-order valence-electron chi connectivity index (χ3n) is 2.30. The van der Waals surface area contributed by atoms with Gasteiger partial charge in [0, 0.05) is 0 Å². The first-order valence-corrected chi connectivity index (χ1v) is 4.61. The van der Waals surface area contributed by atoms with Crippen LogP contribution < -0.4 is 5.73 Å². The van der Waals surface area contributed by atoms with Gasteiger partial charge in [0.1, 0.15) is 13.1 Å². The average molecular weight is 182 g/mol. The fourth-order valence-corrected chi connectivity index (χ4v) is 1.61. The molecule has 0 spiro atoms. The van der Waals surface area contributed by atoms with Gasteiger partial charge in [-0.3, -0.25) is 0 Å². The number of nitrogens with zero attached hydrogens (tertiary/aromatic N) is 3. The molecule has 13 heavy (non-hydrogen) atoms. The van der Waals surface area contributed by atoms with Crippen LogP contribution in [0.4, 0.5) is 5.95 Å². The van der Waals surface area contributed by atoms with Crippen molar-refractivity contribution in [3.8, 4) is 0 Å². The third-order valence-corrected chi connectivity index (χ3v) is 2.30. The molecule has 0 aliphatic heterocycles. The van der Waals surface area contributed by atoms with Crippen LogP contribution in [0.5, 0.6) is 0 Å². The summed E-state index contributed by atoms with van der Waals surface area (Å²) in [6.45, 7) is 0.467. The van der Waals surface area contributed by atoms with E-state index in [0.29, 0.717) is 18.8 Å². The Morgan fingerprint density at radius 1 is 1.54 bits per heavy atom. The highest BCUT2D eigenvalue weighted by atomic mass is 16.5. The zero-order chi connectivity index (χ0) is 9.10. The number of rotatable bonds is 3. The van der Waals surface area contributed by atoms with Gasteiger partial charge in [0.25, 0.3) is 0 Å². The SMILES string of the molecule is Nc1ncn(COC2CCCC2)n1. The lowest BCUT2D eigenvalue weighted by molar-refractivity contribution is 0.00542. The number of aromatic nitrogens is 3. The predicted molar refractivity (Wildman–Crippen MR) is 47.8 cm³/mol. The van der Waals surface area contributed by atoms with E-state index >= 15 is 0 Å². The maximum absolute atomic E-state index is 5.61. The Balaban J connectivity index is 1.78. The van der Waals surface area contributed by atoms with Crippen molar-refractivity contribution in [3.63, 3.8) is 0 Å². The molecule has 0 unspecified atom stereocenters. The summed E-state index contributed by atoms with van der Waals surface area (Å²) in [5, 5.41) is 3.93. The van der Waals surface area contributed by atoms with E-state index in [4.69, 9.17) is 10.5 Å². The minimum atomic E-state index is 0.301. The topological polar surface area (TPSA) is 66.0 Å². The molecule has 1 aliphatic carbocycles. The van der Waals surface area contributed by atoms with Crippen LogP contribution in [0.25, 0.3) is 0 Å². The lowest BCUT2D eigenvalue weighted by Crippen LogP contribution is -2.12. The minimum Gasteiger partial charge on any atom is -0.367 e. The molecule has 5 heteroatoms. The fraction of sp³-hybridized carbons (Fsp3) is 0.750. The van der Waals surface area contributed by atoms with Gasteiger partial charge in [0.15, 0.2) is 0 Å². The Hall–Kier alpha value is -1.10. The van der Waals surface area contributed by atoms with Crippen LogP contribution in [0, 0.1) is 0 Å². The Morgan fingerprint density at radius 2 is 2.31 bits per heavy atom. The second-order valence-electron chi connectivity index (χ2n) is 3.34. The van der Waals surface area contributed by atoms with Crippen molar-refractivity contribution in [2.75, 3.05) is 5.73 Å².